The zero-order valence-corrected chi connectivity index (χ0v) is 23.6. The Morgan fingerprint density at radius 3 is 2.36 bits per heavy atom. The number of aryl methyl sites for hydroxylation is 1. The van der Waals surface area contributed by atoms with Crippen LogP contribution < -0.4 is 16.0 Å². The molecule has 7 nitrogen and oxygen atoms in total. The van der Waals surface area contributed by atoms with Crippen molar-refractivity contribution in [2.45, 2.75) is 27.3 Å². The van der Waals surface area contributed by atoms with Crippen molar-refractivity contribution in [1.29, 1.82) is 0 Å². The number of hydrogen-bond acceptors (Lipinski definition) is 4. The number of hydrogen-bond donors (Lipinski definition) is 3. The molecule has 204 valence electrons. The average Bonchev–Trinajstić information content (AvgIpc) is 3.16. The number of aromatic nitrogens is 2. The fourth-order valence-corrected chi connectivity index (χ4v) is 4.38. The van der Waals surface area contributed by atoms with Crippen LogP contribution in [-0.2, 0) is 18.4 Å². The van der Waals surface area contributed by atoms with Gasteiger partial charge in [-0.05, 0) is 35.9 Å². The van der Waals surface area contributed by atoms with E-state index in [1.165, 1.54) is 24.3 Å². The molecular formula is C27H24Cl3F2N5O2. The van der Waals surface area contributed by atoms with Gasteiger partial charge in [-0.15, -0.1) is 0 Å². The minimum atomic E-state index is -0.782. The lowest BCUT2D eigenvalue weighted by atomic mass is 9.95. The van der Waals surface area contributed by atoms with Crippen LogP contribution in [0.3, 0.4) is 0 Å². The average molecular weight is 595 g/mol. The van der Waals surface area contributed by atoms with Gasteiger partial charge in [-0.3, -0.25) is 9.59 Å². The maximum Gasteiger partial charge on any atom is 0.258 e. The first-order valence-electron chi connectivity index (χ1n) is 11.7. The molecule has 39 heavy (non-hydrogen) atoms. The summed E-state index contributed by atoms with van der Waals surface area (Å²) in [5.74, 6) is -2.03. The van der Waals surface area contributed by atoms with E-state index in [0.29, 0.717) is 27.3 Å². The van der Waals surface area contributed by atoms with Crippen LogP contribution in [0.25, 0.3) is 11.0 Å². The topological polar surface area (TPSA) is 88.1 Å². The number of halogens is 5. The maximum absolute atomic E-state index is 15.0. The number of fused-ring (bicyclic) bond motifs is 1. The van der Waals surface area contributed by atoms with Gasteiger partial charge in [-0.1, -0.05) is 61.6 Å². The fraction of sp³-hybridized carbons (Fsp3) is 0.222. The number of anilines is 3. The monoisotopic (exact) mass is 593 g/mol. The van der Waals surface area contributed by atoms with E-state index in [1.807, 2.05) is 0 Å². The van der Waals surface area contributed by atoms with Crippen molar-refractivity contribution in [2.24, 2.45) is 12.5 Å². The third-order valence-electron chi connectivity index (χ3n) is 5.92. The van der Waals surface area contributed by atoms with Crippen LogP contribution in [0.15, 0.2) is 42.5 Å². The van der Waals surface area contributed by atoms with Crippen LogP contribution in [0, 0.1) is 17.0 Å². The van der Waals surface area contributed by atoms with Crippen molar-refractivity contribution in [3.05, 3.63) is 80.3 Å². The second-order valence-corrected chi connectivity index (χ2v) is 11.0. The molecule has 0 aliphatic carbocycles. The van der Waals surface area contributed by atoms with Gasteiger partial charge in [0.2, 0.25) is 11.9 Å². The summed E-state index contributed by atoms with van der Waals surface area (Å²) < 4.78 is 30.0. The number of carbonyl (C=O) groups is 2. The molecule has 0 atom stereocenters. The quantitative estimate of drug-likeness (QED) is 0.216. The van der Waals surface area contributed by atoms with Crippen LogP contribution >= 0.6 is 34.8 Å². The molecular weight excluding hydrogens is 571 g/mol. The minimum Gasteiger partial charge on any atom is -0.352 e. The number of nitrogens with zero attached hydrogens (tertiary/aromatic N) is 2. The number of amides is 2. The molecule has 4 aromatic rings. The Kier molecular flexibility index (Phi) is 8.07. The van der Waals surface area contributed by atoms with Crippen LogP contribution in [0.5, 0.6) is 0 Å². The van der Waals surface area contributed by atoms with Crippen LogP contribution in [0.4, 0.5) is 26.1 Å². The van der Waals surface area contributed by atoms with Crippen LogP contribution in [-0.4, -0.2) is 21.4 Å². The lowest BCUT2D eigenvalue weighted by Gasteiger charge is -2.19. The standard InChI is InChI=1S/C27H24Cl3F2N5O2/c1-27(2,3)25(39)33-12-13-5-7-16(28)23(22(13)30)36-26-35-20-10-15(19(32)11-21(20)37(26)4)24(38)34-14-6-8-18(31)17(29)9-14/h5-11H,12H2,1-4H3,(H,33,39)(H,34,38)(H,35,36). The summed E-state index contributed by atoms with van der Waals surface area (Å²) in [5.41, 5.74) is 1.08. The molecule has 0 radical (unpaired) electrons. The number of nitrogens with one attached hydrogen (secondary N) is 3. The van der Waals surface area contributed by atoms with E-state index in [0.717, 1.165) is 6.07 Å². The van der Waals surface area contributed by atoms with E-state index < -0.39 is 23.0 Å². The number of carbonyl (C=O) groups excluding carboxylic acids is 2. The van der Waals surface area contributed by atoms with E-state index >= 15 is 0 Å². The minimum absolute atomic E-state index is 0.136. The van der Waals surface area contributed by atoms with E-state index in [1.54, 1.807) is 44.5 Å². The zero-order chi connectivity index (χ0) is 28.6. The molecule has 1 aromatic heterocycles. The molecule has 0 saturated heterocycles. The molecule has 3 aromatic carbocycles. The molecule has 0 aliphatic heterocycles. The number of benzene rings is 3. The van der Waals surface area contributed by atoms with Gasteiger partial charge in [-0.2, -0.15) is 0 Å². The summed E-state index contributed by atoms with van der Waals surface area (Å²) in [5, 5.41) is 8.84. The number of imidazole rings is 1. The van der Waals surface area contributed by atoms with Gasteiger partial charge in [0.1, 0.15) is 11.6 Å². The highest BCUT2D eigenvalue weighted by Gasteiger charge is 2.22. The molecule has 0 unspecified atom stereocenters. The fourth-order valence-electron chi connectivity index (χ4n) is 3.67. The van der Waals surface area contributed by atoms with Crippen molar-refractivity contribution >= 4 is 75.0 Å². The lowest BCUT2D eigenvalue weighted by molar-refractivity contribution is -0.128. The van der Waals surface area contributed by atoms with Gasteiger partial charge < -0.3 is 20.5 Å². The highest BCUT2D eigenvalue weighted by atomic mass is 35.5. The van der Waals surface area contributed by atoms with Crippen molar-refractivity contribution in [2.75, 3.05) is 10.6 Å². The molecule has 2 amide bonds. The third-order valence-corrected chi connectivity index (χ3v) is 6.96. The Morgan fingerprint density at radius 2 is 1.69 bits per heavy atom. The Labute approximate surface area is 238 Å². The Morgan fingerprint density at radius 1 is 0.974 bits per heavy atom. The van der Waals surface area contributed by atoms with Gasteiger partial charge in [0.25, 0.3) is 5.91 Å². The van der Waals surface area contributed by atoms with Crippen molar-refractivity contribution in [3.8, 4) is 0 Å². The van der Waals surface area contributed by atoms with Gasteiger partial charge in [0, 0.05) is 30.8 Å². The Hall–Kier alpha value is -3.40. The predicted octanol–water partition coefficient (Wildman–Crippen LogP) is 7.47. The summed E-state index contributed by atoms with van der Waals surface area (Å²) in [7, 11) is 1.66. The third kappa shape index (κ3) is 6.11. The Balaban J connectivity index is 1.61. The van der Waals surface area contributed by atoms with Gasteiger partial charge in [-0.25, -0.2) is 13.8 Å². The summed E-state index contributed by atoms with van der Waals surface area (Å²) in [6.07, 6.45) is 0. The van der Waals surface area contributed by atoms with Crippen molar-refractivity contribution in [1.82, 2.24) is 14.9 Å². The smallest absolute Gasteiger partial charge is 0.258 e. The molecule has 0 spiro atoms. The first-order chi connectivity index (χ1) is 18.3. The number of rotatable bonds is 6. The first-order valence-corrected chi connectivity index (χ1v) is 12.8. The van der Waals surface area contributed by atoms with Gasteiger partial charge in [0.15, 0.2) is 0 Å². The van der Waals surface area contributed by atoms with Crippen LogP contribution in [0.2, 0.25) is 15.1 Å². The highest BCUT2D eigenvalue weighted by molar-refractivity contribution is 6.39. The molecule has 0 bridgehead atoms. The highest BCUT2D eigenvalue weighted by Crippen LogP contribution is 2.36. The maximum atomic E-state index is 15.0. The molecule has 0 saturated carbocycles. The molecule has 4 rings (SSSR count). The largest absolute Gasteiger partial charge is 0.352 e. The second-order valence-electron chi connectivity index (χ2n) is 9.85. The molecule has 3 N–H and O–H groups in total. The predicted molar refractivity (Wildman–Crippen MR) is 151 cm³/mol. The van der Waals surface area contributed by atoms with Crippen LogP contribution in [0.1, 0.15) is 36.7 Å². The summed E-state index contributed by atoms with van der Waals surface area (Å²) in [4.78, 5) is 29.5. The Bertz CT molecular complexity index is 1620. The van der Waals surface area contributed by atoms with E-state index in [-0.39, 0.29) is 39.7 Å². The summed E-state index contributed by atoms with van der Waals surface area (Å²) in [6, 6.07) is 9.47. The van der Waals surface area contributed by atoms with E-state index in [4.69, 9.17) is 34.8 Å². The molecule has 1 heterocycles. The normalized spacial score (nSPS) is 11.5. The first kappa shape index (κ1) is 28.6. The zero-order valence-electron chi connectivity index (χ0n) is 21.3. The second kappa shape index (κ2) is 11.0. The van der Waals surface area contributed by atoms with E-state index in [2.05, 4.69) is 20.9 Å². The van der Waals surface area contributed by atoms with Crippen molar-refractivity contribution < 1.29 is 18.4 Å². The molecule has 0 aliphatic rings. The summed E-state index contributed by atoms with van der Waals surface area (Å²) >= 11 is 18.8. The van der Waals surface area contributed by atoms with Gasteiger partial charge >= 0.3 is 0 Å². The molecule has 12 heteroatoms. The SMILES string of the molecule is Cn1c(Nc2c(Cl)ccc(CNC(=O)C(C)(C)C)c2Cl)nc2cc(C(=O)Nc3ccc(F)c(Cl)c3)c(F)cc21. The van der Waals surface area contributed by atoms with E-state index in [9.17, 15) is 18.4 Å². The summed E-state index contributed by atoms with van der Waals surface area (Å²) in [6.45, 7) is 5.61. The van der Waals surface area contributed by atoms with Gasteiger partial charge in [0.05, 0.1) is 37.4 Å². The van der Waals surface area contributed by atoms with Crippen molar-refractivity contribution in [3.63, 3.8) is 0 Å². The lowest BCUT2D eigenvalue weighted by Crippen LogP contribution is -2.34. The molecule has 0 fully saturated rings.